The van der Waals surface area contributed by atoms with Crippen LogP contribution in [-0.4, -0.2) is 66.8 Å². The van der Waals surface area contributed by atoms with Crippen LogP contribution in [0.3, 0.4) is 0 Å². The van der Waals surface area contributed by atoms with Crippen molar-refractivity contribution in [3.63, 3.8) is 0 Å². The van der Waals surface area contributed by atoms with E-state index >= 15 is 0 Å². The maximum atomic E-state index is 14.7. The van der Waals surface area contributed by atoms with E-state index < -0.39 is 40.5 Å². The van der Waals surface area contributed by atoms with Gasteiger partial charge in [0.15, 0.2) is 17.7 Å². The standard InChI is InChI=1S/C16H18F2N4O4S/c1-19-13-8-21(3-4-27(13)25)14-10(17)5-9(6-11(14)18)22-7-12(15(23)20-2)26-16(22)24/h5-6,12H,3-4,7-8H2,1-2H3,(H,20,23)/t12-,27?/m1/s1. The molecule has 0 aromatic heterocycles. The van der Waals surface area contributed by atoms with Crippen molar-refractivity contribution in [2.24, 2.45) is 4.99 Å². The fourth-order valence-corrected chi connectivity index (χ4v) is 4.10. The molecule has 2 heterocycles. The molecule has 3 rings (SSSR count). The minimum absolute atomic E-state index is 0.0462. The molecule has 0 aliphatic carbocycles. The van der Waals surface area contributed by atoms with Gasteiger partial charge in [-0.25, -0.2) is 13.6 Å². The number of hydrogen-bond donors (Lipinski definition) is 1. The molecule has 2 aliphatic rings. The number of carbonyl (C=O) groups is 2. The molecule has 1 aromatic carbocycles. The zero-order valence-electron chi connectivity index (χ0n) is 14.7. The largest absolute Gasteiger partial charge is 0.434 e. The number of rotatable bonds is 3. The molecule has 2 amide bonds. The van der Waals surface area contributed by atoms with E-state index in [1.54, 1.807) is 0 Å². The molecule has 2 atom stereocenters. The first-order valence-electron chi connectivity index (χ1n) is 8.13. The SMILES string of the molecule is CN=C1CN(c2c(F)cc(N3C[C@H](C(=O)NC)OC3=O)cc2F)CCS1=O. The van der Waals surface area contributed by atoms with Crippen LogP contribution in [0.4, 0.5) is 25.0 Å². The van der Waals surface area contributed by atoms with E-state index in [1.165, 1.54) is 19.0 Å². The van der Waals surface area contributed by atoms with Crippen LogP contribution in [-0.2, 0) is 20.3 Å². The van der Waals surface area contributed by atoms with Crippen LogP contribution in [0, 0.1) is 11.6 Å². The number of ether oxygens (including phenoxy) is 1. The van der Waals surface area contributed by atoms with E-state index in [0.29, 0.717) is 5.04 Å². The molecular weight excluding hydrogens is 382 g/mol. The summed E-state index contributed by atoms with van der Waals surface area (Å²) in [6.07, 6.45) is -1.90. The van der Waals surface area contributed by atoms with Gasteiger partial charge in [0.1, 0.15) is 10.7 Å². The highest BCUT2D eigenvalue weighted by Crippen LogP contribution is 2.31. The smallest absolute Gasteiger partial charge is 0.415 e. The molecule has 1 N–H and O–H groups in total. The number of likely N-dealkylation sites (N-methyl/N-ethyl adjacent to an activating group) is 1. The predicted molar refractivity (Wildman–Crippen MR) is 96.6 cm³/mol. The van der Waals surface area contributed by atoms with Gasteiger partial charge in [-0.15, -0.1) is 0 Å². The predicted octanol–water partition coefficient (Wildman–Crippen LogP) is 0.633. The second-order valence-corrected chi connectivity index (χ2v) is 7.51. The molecule has 0 saturated carbocycles. The maximum Gasteiger partial charge on any atom is 0.415 e. The Kier molecular flexibility index (Phi) is 5.40. The molecule has 2 fully saturated rings. The monoisotopic (exact) mass is 400 g/mol. The minimum atomic E-state index is -1.25. The summed E-state index contributed by atoms with van der Waals surface area (Å²) in [7, 11) is 1.63. The van der Waals surface area contributed by atoms with Crippen LogP contribution in [0.5, 0.6) is 0 Å². The van der Waals surface area contributed by atoms with Gasteiger partial charge in [0.05, 0.1) is 29.6 Å². The van der Waals surface area contributed by atoms with Gasteiger partial charge in [-0.2, -0.15) is 0 Å². The van der Waals surface area contributed by atoms with Gasteiger partial charge in [0.25, 0.3) is 5.91 Å². The van der Waals surface area contributed by atoms with Crippen LogP contribution in [0.2, 0.25) is 0 Å². The lowest BCUT2D eigenvalue weighted by Gasteiger charge is -2.30. The minimum Gasteiger partial charge on any atom is -0.434 e. The molecular formula is C16H18F2N4O4S. The highest BCUT2D eigenvalue weighted by molar-refractivity contribution is 8.00. The van der Waals surface area contributed by atoms with Crippen molar-refractivity contribution in [2.45, 2.75) is 6.10 Å². The number of aliphatic imine (C=N–C) groups is 1. The van der Waals surface area contributed by atoms with Crippen LogP contribution in [0.15, 0.2) is 17.1 Å². The number of anilines is 2. The molecule has 2 aliphatic heterocycles. The summed E-state index contributed by atoms with van der Waals surface area (Å²) in [5, 5.41) is 2.72. The van der Waals surface area contributed by atoms with Crippen LogP contribution < -0.4 is 15.1 Å². The first kappa shape index (κ1) is 19.2. The van der Waals surface area contributed by atoms with Gasteiger partial charge >= 0.3 is 6.09 Å². The topological polar surface area (TPSA) is 91.3 Å². The van der Waals surface area contributed by atoms with Crippen molar-refractivity contribution in [1.29, 1.82) is 0 Å². The van der Waals surface area contributed by atoms with Crippen LogP contribution >= 0.6 is 0 Å². The lowest BCUT2D eigenvalue weighted by molar-refractivity contribution is -0.127. The van der Waals surface area contributed by atoms with E-state index in [9.17, 15) is 22.6 Å². The average Bonchev–Trinajstić information content (AvgIpc) is 3.03. The third kappa shape index (κ3) is 3.64. The molecule has 0 radical (unpaired) electrons. The number of halogens is 2. The molecule has 8 nitrogen and oxygen atoms in total. The highest BCUT2D eigenvalue weighted by Gasteiger charge is 2.37. The number of carbonyl (C=O) groups excluding carboxylic acids is 2. The van der Waals surface area contributed by atoms with Gasteiger partial charge in [0, 0.05) is 38.5 Å². The first-order valence-corrected chi connectivity index (χ1v) is 9.45. The van der Waals surface area contributed by atoms with Crippen LogP contribution in [0.25, 0.3) is 0 Å². The summed E-state index contributed by atoms with van der Waals surface area (Å²) in [5.74, 6) is -2.02. The molecule has 27 heavy (non-hydrogen) atoms. The summed E-state index contributed by atoms with van der Waals surface area (Å²) in [4.78, 5) is 29.9. The third-order valence-corrected chi connectivity index (χ3v) is 5.76. The third-order valence-electron chi connectivity index (χ3n) is 4.37. The lowest BCUT2D eigenvalue weighted by atomic mass is 10.2. The number of nitrogens with one attached hydrogen (secondary N) is 1. The highest BCUT2D eigenvalue weighted by atomic mass is 32.2. The fourth-order valence-electron chi connectivity index (χ4n) is 2.97. The summed E-state index contributed by atoms with van der Waals surface area (Å²) >= 11 is 0. The number of nitrogens with zero attached hydrogens (tertiary/aromatic N) is 3. The molecule has 0 spiro atoms. The van der Waals surface area contributed by atoms with Gasteiger partial charge < -0.3 is 15.0 Å². The Morgan fingerprint density at radius 3 is 2.63 bits per heavy atom. The van der Waals surface area contributed by atoms with Crippen molar-refractivity contribution in [3.8, 4) is 0 Å². The van der Waals surface area contributed by atoms with Crippen molar-refractivity contribution < 1.29 is 27.3 Å². The van der Waals surface area contributed by atoms with E-state index in [2.05, 4.69) is 10.3 Å². The molecule has 1 aromatic rings. The molecule has 11 heteroatoms. The first-order chi connectivity index (χ1) is 12.8. The van der Waals surface area contributed by atoms with Gasteiger partial charge in [-0.05, 0) is 0 Å². The molecule has 0 bridgehead atoms. The van der Waals surface area contributed by atoms with Crippen molar-refractivity contribution in [1.82, 2.24) is 5.32 Å². The molecule has 2 saturated heterocycles. The van der Waals surface area contributed by atoms with Crippen molar-refractivity contribution >= 4 is 39.2 Å². The molecule has 146 valence electrons. The second kappa shape index (κ2) is 7.59. The maximum absolute atomic E-state index is 14.7. The van der Waals surface area contributed by atoms with E-state index in [-0.39, 0.29) is 36.8 Å². The Morgan fingerprint density at radius 1 is 1.37 bits per heavy atom. The van der Waals surface area contributed by atoms with Gasteiger partial charge in [-0.3, -0.25) is 18.9 Å². The Hall–Kier alpha value is -2.56. The number of benzene rings is 1. The number of cyclic esters (lactones) is 1. The Bertz CT molecular complexity index is 825. The van der Waals surface area contributed by atoms with E-state index in [0.717, 1.165) is 17.0 Å². The Morgan fingerprint density at radius 2 is 2.04 bits per heavy atom. The van der Waals surface area contributed by atoms with Crippen LogP contribution in [0.1, 0.15) is 0 Å². The van der Waals surface area contributed by atoms with Gasteiger partial charge in [-0.1, -0.05) is 0 Å². The zero-order valence-corrected chi connectivity index (χ0v) is 15.5. The van der Waals surface area contributed by atoms with E-state index in [4.69, 9.17) is 4.74 Å². The Labute approximate surface area is 156 Å². The quantitative estimate of drug-likeness (QED) is 0.804. The summed E-state index contributed by atoms with van der Waals surface area (Å²) < 4.78 is 46.1. The van der Waals surface area contributed by atoms with Gasteiger partial charge in [0.2, 0.25) is 0 Å². The fraction of sp³-hybridized carbons (Fsp3) is 0.438. The van der Waals surface area contributed by atoms with Crippen molar-refractivity contribution in [3.05, 3.63) is 23.8 Å². The summed E-state index contributed by atoms with van der Waals surface area (Å²) in [6, 6.07) is 2.03. The zero-order chi connectivity index (χ0) is 19.7. The Balaban J connectivity index is 1.87. The summed E-state index contributed by atoms with van der Waals surface area (Å²) in [5.41, 5.74) is -0.317. The second-order valence-electron chi connectivity index (χ2n) is 5.94. The van der Waals surface area contributed by atoms with Crippen molar-refractivity contribution in [2.75, 3.05) is 49.3 Å². The number of hydrogen-bond acceptors (Lipinski definition) is 6. The normalized spacial score (nSPS) is 24.3. The average molecular weight is 400 g/mol. The molecule has 1 unspecified atom stereocenters. The summed E-state index contributed by atoms with van der Waals surface area (Å²) in [6.45, 7) is 0.121. The van der Waals surface area contributed by atoms with E-state index in [1.807, 2.05) is 0 Å². The number of amides is 2. The lowest BCUT2D eigenvalue weighted by Crippen LogP contribution is -2.42.